The third-order valence-electron chi connectivity index (χ3n) is 2.87. The van der Waals surface area contributed by atoms with Crippen LogP contribution in [0.15, 0.2) is 18.2 Å². The highest BCUT2D eigenvalue weighted by Crippen LogP contribution is 2.24. The van der Waals surface area contributed by atoms with Crippen molar-refractivity contribution in [2.45, 2.75) is 31.3 Å². The molecule has 1 aromatic rings. The first-order valence-corrected chi connectivity index (χ1v) is 7.54. The van der Waals surface area contributed by atoms with Gasteiger partial charge < -0.3 is 9.84 Å². The first-order chi connectivity index (χ1) is 8.76. The number of sulfone groups is 1. The lowest BCUT2D eigenvalue weighted by Gasteiger charge is -2.13. The van der Waals surface area contributed by atoms with Gasteiger partial charge in [-0.05, 0) is 19.9 Å². The molecule has 0 heterocycles. The molecule has 5 nitrogen and oxygen atoms in total. The van der Waals surface area contributed by atoms with Gasteiger partial charge in [0.15, 0.2) is 9.84 Å². The Hall–Kier alpha value is -1.56. The lowest BCUT2D eigenvalue weighted by molar-refractivity contribution is -0.136. The average molecular weight is 286 g/mol. The van der Waals surface area contributed by atoms with Gasteiger partial charge in [0.25, 0.3) is 0 Å². The number of carboxylic acids is 1. The third-order valence-corrected chi connectivity index (χ3v) is 4.97. The number of hydrogen-bond donors (Lipinski definition) is 1. The number of ether oxygens (including phenoxy) is 1. The molecule has 1 atom stereocenters. The Morgan fingerprint density at radius 2 is 2.05 bits per heavy atom. The van der Waals surface area contributed by atoms with E-state index >= 15 is 0 Å². The molecule has 0 fully saturated rings. The molecule has 19 heavy (non-hydrogen) atoms. The van der Waals surface area contributed by atoms with Crippen molar-refractivity contribution in [1.29, 1.82) is 0 Å². The van der Waals surface area contributed by atoms with Crippen molar-refractivity contribution in [2.24, 2.45) is 0 Å². The highest BCUT2D eigenvalue weighted by molar-refractivity contribution is 7.91. The van der Waals surface area contributed by atoms with Gasteiger partial charge in [-0.1, -0.05) is 17.7 Å². The zero-order valence-electron chi connectivity index (χ0n) is 11.2. The molecule has 106 valence electrons. The Morgan fingerprint density at radius 1 is 1.42 bits per heavy atom. The Bertz CT molecular complexity index is 562. The van der Waals surface area contributed by atoms with E-state index in [1.165, 1.54) is 14.0 Å². The van der Waals surface area contributed by atoms with Crippen LogP contribution in [0.1, 0.15) is 24.5 Å². The van der Waals surface area contributed by atoms with Crippen LogP contribution < -0.4 is 4.74 Å². The van der Waals surface area contributed by atoms with E-state index in [0.717, 1.165) is 5.56 Å². The lowest BCUT2D eigenvalue weighted by atomic mass is 10.1. The molecule has 0 aliphatic carbocycles. The fraction of sp³-hybridized carbons (Fsp3) is 0.462. The summed E-state index contributed by atoms with van der Waals surface area (Å²) in [6.07, 6.45) is -0.392. The Kier molecular flexibility index (Phi) is 4.94. The number of carbonyl (C=O) groups is 1. The minimum absolute atomic E-state index is 0.216. The van der Waals surface area contributed by atoms with Gasteiger partial charge in [0.2, 0.25) is 0 Å². The molecule has 0 aromatic heterocycles. The second-order valence-corrected chi connectivity index (χ2v) is 6.95. The number of aliphatic carboxylic acids is 1. The van der Waals surface area contributed by atoms with Gasteiger partial charge in [-0.3, -0.25) is 4.79 Å². The highest BCUT2D eigenvalue weighted by Gasteiger charge is 2.25. The molecule has 1 N–H and O–H groups in total. The summed E-state index contributed by atoms with van der Waals surface area (Å²) in [5, 5.41) is 7.75. The smallest absolute Gasteiger partial charge is 0.304 e. The summed E-state index contributed by atoms with van der Waals surface area (Å²) in [5.41, 5.74) is 1.48. The van der Waals surface area contributed by atoms with Crippen LogP contribution in [-0.4, -0.2) is 31.9 Å². The van der Waals surface area contributed by atoms with E-state index in [1.807, 2.05) is 13.0 Å². The molecule has 0 saturated heterocycles. The first-order valence-electron chi connectivity index (χ1n) is 5.83. The molecule has 0 radical (unpaired) electrons. The molecule has 0 amide bonds. The molecule has 0 spiro atoms. The number of rotatable bonds is 6. The topological polar surface area (TPSA) is 80.7 Å². The molecule has 0 bridgehead atoms. The number of aryl methyl sites for hydroxylation is 1. The summed E-state index contributed by atoms with van der Waals surface area (Å²) in [7, 11) is -2.04. The number of hydrogen-bond acceptors (Lipinski definition) is 4. The fourth-order valence-electron chi connectivity index (χ4n) is 1.75. The maximum Gasteiger partial charge on any atom is 0.304 e. The van der Waals surface area contributed by atoms with Gasteiger partial charge in [-0.25, -0.2) is 8.42 Å². The van der Waals surface area contributed by atoms with Crippen molar-refractivity contribution >= 4 is 15.8 Å². The SMILES string of the molecule is COc1ccc(C)cc1CS(=O)(=O)C(C)CC(=O)O. The first kappa shape index (κ1) is 15.5. The van der Waals surface area contributed by atoms with E-state index in [-0.39, 0.29) is 5.75 Å². The van der Waals surface area contributed by atoms with E-state index in [9.17, 15) is 13.2 Å². The molecule has 1 rings (SSSR count). The second-order valence-electron chi connectivity index (χ2n) is 4.53. The number of benzene rings is 1. The highest BCUT2D eigenvalue weighted by atomic mass is 32.2. The van der Waals surface area contributed by atoms with Crippen molar-refractivity contribution in [1.82, 2.24) is 0 Å². The molecular formula is C13H18O5S. The molecule has 0 aliphatic heterocycles. The number of methoxy groups -OCH3 is 1. The predicted octanol–water partition coefficient (Wildman–Crippen LogP) is 1.78. The van der Waals surface area contributed by atoms with Crippen LogP contribution in [0.2, 0.25) is 0 Å². The average Bonchev–Trinajstić information content (AvgIpc) is 2.27. The van der Waals surface area contributed by atoms with Crippen LogP contribution in [-0.2, 0) is 20.4 Å². The Morgan fingerprint density at radius 3 is 2.58 bits per heavy atom. The zero-order valence-corrected chi connectivity index (χ0v) is 12.0. The van der Waals surface area contributed by atoms with Gasteiger partial charge >= 0.3 is 5.97 Å². The van der Waals surface area contributed by atoms with E-state index in [1.54, 1.807) is 12.1 Å². The fourth-order valence-corrected chi connectivity index (χ4v) is 3.09. The van der Waals surface area contributed by atoms with Gasteiger partial charge in [-0.15, -0.1) is 0 Å². The summed E-state index contributed by atoms with van der Waals surface area (Å²) >= 11 is 0. The van der Waals surface area contributed by atoms with E-state index in [4.69, 9.17) is 9.84 Å². The van der Waals surface area contributed by atoms with E-state index in [2.05, 4.69) is 0 Å². The summed E-state index contributed by atoms with van der Waals surface area (Å²) in [5.74, 6) is -0.837. The summed E-state index contributed by atoms with van der Waals surface area (Å²) in [6.45, 7) is 3.27. The normalized spacial score (nSPS) is 13.0. The molecule has 1 aromatic carbocycles. The molecule has 6 heteroatoms. The van der Waals surface area contributed by atoms with E-state index in [0.29, 0.717) is 11.3 Å². The van der Waals surface area contributed by atoms with Crippen molar-refractivity contribution in [3.8, 4) is 5.75 Å². The van der Waals surface area contributed by atoms with Crippen molar-refractivity contribution in [3.05, 3.63) is 29.3 Å². The Balaban J connectivity index is 3.01. The maximum absolute atomic E-state index is 12.1. The standard InChI is InChI=1S/C13H18O5S/c1-9-4-5-12(18-3)11(6-9)8-19(16,17)10(2)7-13(14)15/h4-6,10H,7-8H2,1-3H3,(H,14,15). The van der Waals surface area contributed by atoms with Crippen molar-refractivity contribution in [2.75, 3.05) is 7.11 Å². The quantitative estimate of drug-likeness (QED) is 0.862. The largest absolute Gasteiger partial charge is 0.496 e. The van der Waals surface area contributed by atoms with Crippen molar-refractivity contribution < 1.29 is 23.1 Å². The van der Waals surface area contributed by atoms with Gasteiger partial charge in [0.05, 0.1) is 24.5 Å². The van der Waals surface area contributed by atoms with Crippen LogP contribution >= 0.6 is 0 Å². The predicted molar refractivity (Wildman–Crippen MR) is 72.1 cm³/mol. The minimum Gasteiger partial charge on any atom is -0.496 e. The van der Waals surface area contributed by atoms with Gasteiger partial charge in [0, 0.05) is 5.56 Å². The van der Waals surface area contributed by atoms with Crippen molar-refractivity contribution in [3.63, 3.8) is 0 Å². The number of carboxylic acid groups (broad SMARTS) is 1. The summed E-state index contributed by atoms with van der Waals surface area (Å²) in [6, 6.07) is 5.28. The van der Waals surface area contributed by atoms with Crippen LogP contribution in [0.3, 0.4) is 0 Å². The third kappa shape index (κ3) is 4.24. The van der Waals surface area contributed by atoms with Crippen LogP contribution in [0.5, 0.6) is 5.75 Å². The molecular weight excluding hydrogens is 268 g/mol. The molecule has 1 unspecified atom stereocenters. The lowest BCUT2D eigenvalue weighted by Crippen LogP contribution is -2.23. The summed E-state index contributed by atoms with van der Waals surface area (Å²) < 4.78 is 29.3. The van der Waals surface area contributed by atoms with E-state index < -0.39 is 27.5 Å². The monoisotopic (exact) mass is 286 g/mol. The van der Waals surface area contributed by atoms with Gasteiger partial charge in [0.1, 0.15) is 5.75 Å². The van der Waals surface area contributed by atoms with Crippen LogP contribution in [0.4, 0.5) is 0 Å². The minimum atomic E-state index is -3.52. The summed E-state index contributed by atoms with van der Waals surface area (Å²) in [4.78, 5) is 10.6. The second kappa shape index (κ2) is 6.06. The molecule has 0 aliphatic rings. The van der Waals surface area contributed by atoms with Crippen LogP contribution in [0, 0.1) is 6.92 Å². The molecule has 0 saturated carbocycles. The van der Waals surface area contributed by atoms with Gasteiger partial charge in [-0.2, -0.15) is 0 Å². The van der Waals surface area contributed by atoms with Crippen LogP contribution in [0.25, 0.3) is 0 Å². The zero-order chi connectivity index (χ0) is 14.6. The Labute approximate surface area is 113 Å². The maximum atomic E-state index is 12.1.